The van der Waals surface area contributed by atoms with E-state index in [1.54, 1.807) is 6.92 Å². The van der Waals surface area contributed by atoms with Crippen molar-refractivity contribution in [1.82, 2.24) is 0 Å². The highest BCUT2D eigenvalue weighted by Crippen LogP contribution is 2.22. The number of hydrogen-bond donors (Lipinski definition) is 0. The molecular weight excluding hydrogens is 172 g/mol. The molecule has 1 unspecified atom stereocenters. The van der Waals surface area contributed by atoms with Gasteiger partial charge in [-0.1, -0.05) is 23.8 Å². The lowest BCUT2D eigenvalue weighted by Gasteiger charge is -2.12. The van der Waals surface area contributed by atoms with E-state index < -0.39 is 0 Å². The van der Waals surface area contributed by atoms with Crippen molar-refractivity contribution in [2.45, 2.75) is 26.2 Å². The molecule has 0 spiro atoms. The van der Waals surface area contributed by atoms with E-state index in [-0.39, 0.29) is 5.78 Å². The maximum absolute atomic E-state index is 10.7. The van der Waals surface area contributed by atoms with Crippen LogP contribution in [0.25, 0.3) is 0 Å². The number of ketones is 1. The molecule has 0 aromatic heterocycles. The Morgan fingerprint density at radius 3 is 3.00 bits per heavy atom. The minimum Gasteiger partial charge on any atom is -0.300 e. The molecular formula is C10H13ClO. The standard InChI is InChI=1S/C10H13ClO/c1-8(12)2-3-9-4-6-10(11)7-5-9/h4,6-7,9H,2-3,5H2,1H3. The SMILES string of the molecule is CC(=O)CCC1C=CC(Cl)=CC1. The van der Waals surface area contributed by atoms with Crippen molar-refractivity contribution in [3.63, 3.8) is 0 Å². The molecule has 0 radical (unpaired) electrons. The molecule has 0 aromatic rings. The maximum atomic E-state index is 10.7. The Balaban J connectivity index is 2.29. The zero-order valence-electron chi connectivity index (χ0n) is 7.22. The van der Waals surface area contributed by atoms with Crippen LogP contribution < -0.4 is 0 Å². The second kappa shape index (κ2) is 4.46. The molecule has 0 amide bonds. The number of halogens is 1. The van der Waals surface area contributed by atoms with Gasteiger partial charge in [-0.3, -0.25) is 0 Å². The van der Waals surface area contributed by atoms with Gasteiger partial charge in [0, 0.05) is 11.5 Å². The Morgan fingerprint density at radius 1 is 1.75 bits per heavy atom. The van der Waals surface area contributed by atoms with Gasteiger partial charge in [-0.15, -0.1) is 0 Å². The van der Waals surface area contributed by atoms with Gasteiger partial charge in [0.2, 0.25) is 0 Å². The minimum absolute atomic E-state index is 0.268. The van der Waals surface area contributed by atoms with E-state index in [9.17, 15) is 4.79 Å². The van der Waals surface area contributed by atoms with Crippen LogP contribution in [0.2, 0.25) is 0 Å². The first-order valence-corrected chi connectivity index (χ1v) is 4.59. The Morgan fingerprint density at radius 2 is 2.50 bits per heavy atom. The molecule has 0 saturated carbocycles. The lowest BCUT2D eigenvalue weighted by atomic mass is 9.95. The lowest BCUT2D eigenvalue weighted by Crippen LogP contribution is -2.01. The molecule has 1 atom stereocenters. The predicted molar refractivity (Wildman–Crippen MR) is 51.1 cm³/mol. The fourth-order valence-electron chi connectivity index (χ4n) is 1.24. The summed E-state index contributed by atoms with van der Waals surface area (Å²) in [5, 5.41) is 0.814. The van der Waals surface area contributed by atoms with E-state index in [1.807, 2.05) is 12.2 Å². The first kappa shape index (κ1) is 9.53. The van der Waals surface area contributed by atoms with E-state index in [0.29, 0.717) is 12.3 Å². The normalized spacial score (nSPS) is 22.2. The van der Waals surface area contributed by atoms with Gasteiger partial charge in [0.05, 0.1) is 0 Å². The third-order valence-corrected chi connectivity index (χ3v) is 2.29. The number of rotatable bonds is 3. The van der Waals surface area contributed by atoms with Gasteiger partial charge in [0.15, 0.2) is 0 Å². The fraction of sp³-hybridized carbons (Fsp3) is 0.500. The molecule has 0 N–H and O–H groups in total. The van der Waals surface area contributed by atoms with Crippen molar-refractivity contribution < 1.29 is 4.79 Å². The molecule has 1 rings (SSSR count). The molecule has 0 bridgehead atoms. The fourth-order valence-corrected chi connectivity index (χ4v) is 1.40. The van der Waals surface area contributed by atoms with E-state index in [4.69, 9.17) is 11.6 Å². The highest BCUT2D eigenvalue weighted by molar-refractivity contribution is 6.31. The molecule has 66 valence electrons. The topological polar surface area (TPSA) is 17.1 Å². The summed E-state index contributed by atoms with van der Waals surface area (Å²) in [6, 6.07) is 0. The molecule has 0 heterocycles. The first-order chi connectivity index (χ1) is 5.68. The molecule has 12 heavy (non-hydrogen) atoms. The number of hydrogen-bond acceptors (Lipinski definition) is 1. The monoisotopic (exact) mass is 184 g/mol. The van der Waals surface area contributed by atoms with Crippen LogP contribution in [-0.4, -0.2) is 5.78 Å². The zero-order valence-corrected chi connectivity index (χ0v) is 7.97. The van der Waals surface area contributed by atoms with Crippen LogP contribution in [0.5, 0.6) is 0 Å². The summed E-state index contributed by atoms with van der Waals surface area (Å²) in [4.78, 5) is 10.7. The van der Waals surface area contributed by atoms with Gasteiger partial charge >= 0.3 is 0 Å². The average Bonchev–Trinajstić information content (AvgIpc) is 2.03. The van der Waals surface area contributed by atoms with Gasteiger partial charge in [0.25, 0.3) is 0 Å². The van der Waals surface area contributed by atoms with Crippen molar-refractivity contribution in [3.05, 3.63) is 23.3 Å². The molecule has 0 aliphatic heterocycles. The Kier molecular flexibility index (Phi) is 3.54. The second-order valence-corrected chi connectivity index (χ2v) is 3.62. The quantitative estimate of drug-likeness (QED) is 0.659. The highest BCUT2D eigenvalue weighted by Gasteiger charge is 2.08. The molecule has 1 aliphatic carbocycles. The van der Waals surface area contributed by atoms with Crippen molar-refractivity contribution in [3.8, 4) is 0 Å². The van der Waals surface area contributed by atoms with Crippen molar-refractivity contribution in [2.75, 3.05) is 0 Å². The maximum Gasteiger partial charge on any atom is 0.129 e. The summed E-state index contributed by atoms with van der Waals surface area (Å²) >= 11 is 5.75. The number of carbonyl (C=O) groups excluding carboxylic acids is 1. The van der Waals surface area contributed by atoms with Gasteiger partial charge in [0.1, 0.15) is 5.78 Å². The van der Waals surface area contributed by atoms with Crippen LogP contribution in [0.3, 0.4) is 0 Å². The first-order valence-electron chi connectivity index (χ1n) is 4.22. The number of carbonyl (C=O) groups is 1. The largest absolute Gasteiger partial charge is 0.300 e. The lowest BCUT2D eigenvalue weighted by molar-refractivity contribution is -0.117. The van der Waals surface area contributed by atoms with Crippen LogP contribution in [0.4, 0.5) is 0 Å². The van der Waals surface area contributed by atoms with Gasteiger partial charge < -0.3 is 4.79 Å². The smallest absolute Gasteiger partial charge is 0.129 e. The predicted octanol–water partition coefficient (Wildman–Crippen LogP) is 3.05. The van der Waals surface area contributed by atoms with Gasteiger partial charge in [-0.05, 0) is 31.8 Å². The average molecular weight is 185 g/mol. The van der Waals surface area contributed by atoms with Gasteiger partial charge in [-0.25, -0.2) is 0 Å². The molecule has 0 saturated heterocycles. The number of allylic oxidation sites excluding steroid dienone is 4. The summed E-state index contributed by atoms with van der Waals surface area (Å²) in [5.74, 6) is 0.778. The van der Waals surface area contributed by atoms with E-state index in [1.165, 1.54) is 0 Å². The van der Waals surface area contributed by atoms with Gasteiger partial charge in [-0.2, -0.15) is 0 Å². The van der Waals surface area contributed by atoms with E-state index in [0.717, 1.165) is 17.9 Å². The third kappa shape index (κ3) is 3.22. The Bertz CT molecular complexity index is 228. The summed E-state index contributed by atoms with van der Waals surface area (Å²) < 4.78 is 0. The van der Waals surface area contributed by atoms with Crippen molar-refractivity contribution in [2.24, 2.45) is 5.92 Å². The second-order valence-electron chi connectivity index (χ2n) is 3.18. The van der Waals surface area contributed by atoms with Crippen LogP contribution in [0.1, 0.15) is 26.2 Å². The molecule has 2 heteroatoms. The summed E-state index contributed by atoms with van der Waals surface area (Å²) in [7, 11) is 0. The number of Topliss-reactive ketones (excluding diaryl/α,β-unsaturated/α-hetero) is 1. The highest BCUT2D eigenvalue weighted by atomic mass is 35.5. The Labute approximate surface area is 78.1 Å². The summed E-state index contributed by atoms with van der Waals surface area (Å²) in [6.45, 7) is 1.63. The Hall–Kier alpha value is -0.560. The van der Waals surface area contributed by atoms with Crippen LogP contribution in [0, 0.1) is 5.92 Å². The van der Waals surface area contributed by atoms with Crippen molar-refractivity contribution in [1.29, 1.82) is 0 Å². The van der Waals surface area contributed by atoms with E-state index in [2.05, 4.69) is 6.08 Å². The van der Waals surface area contributed by atoms with Crippen LogP contribution in [-0.2, 0) is 4.79 Å². The van der Waals surface area contributed by atoms with Crippen molar-refractivity contribution >= 4 is 17.4 Å². The van der Waals surface area contributed by atoms with E-state index >= 15 is 0 Å². The molecule has 0 fully saturated rings. The third-order valence-electron chi connectivity index (χ3n) is 2.01. The molecule has 1 nitrogen and oxygen atoms in total. The van der Waals surface area contributed by atoms with Crippen LogP contribution >= 0.6 is 11.6 Å². The minimum atomic E-state index is 0.268. The zero-order chi connectivity index (χ0) is 8.97. The molecule has 1 aliphatic rings. The van der Waals surface area contributed by atoms with Crippen LogP contribution in [0.15, 0.2) is 23.3 Å². The molecule has 0 aromatic carbocycles. The summed E-state index contributed by atoms with van der Waals surface area (Å²) in [5.41, 5.74) is 0. The summed E-state index contributed by atoms with van der Waals surface area (Å²) in [6.07, 6.45) is 8.61.